The van der Waals surface area contributed by atoms with Crippen molar-refractivity contribution in [2.75, 3.05) is 25.0 Å². The van der Waals surface area contributed by atoms with Gasteiger partial charge in [-0.25, -0.2) is 4.98 Å². The van der Waals surface area contributed by atoms with Gasteiger partial charge in [-0.2, -0.15) is 0 Å². The minimum Gasteiger partial charge on any atom is -0.361 e. The van der Waals surface area contributed by atoms with E-state index in [9.17, 15) is 4.79 Å². The van der Waals surface area contributed by atoms with E-state index in [-0.39, 0.29) is 5.91 Å². The SMILES string of the molecule is O=C(CCNc1nc2ccc(Br)cc2s1)N1CCCCC1. The lowest BCUT2D eigenvalue weighted by molar-refractivity contribution is -0.131. The molecule has 0 bridgehead atoms. The lowest BCUT2D eigenvalue weighted by Crippen LogP contribution is -2.36. The van der Waals surface area contributed by atoms with Crippen LogP contribution in [-0.4, -0.2) is 35.4 Å². The van der Waals surface area contributed by atoms with Gasteiger partial charge in [0.15, 0.2) is 5.13 Å². The zero-order chi connectivity index (χ0) is 14.7. The third-order valence-corrected chi connectivity index (χ3v) is 5.14. The van der Waals surface area contributed by atoms with E-state index in [1.807, 2.05) is 17.0 Å². The number of hydrogen-bond acceptors (Lipinski definition) is 4. The highest BCUT2D eigenvalue weighted by Crippen LogP contribution is 2.28. The quantitative estimate of drug-likeness (QED) is 0.891. The third kappa shape index (κ3) is 3.74. The van der Waals surface area contributed by atoms with Gasteiger partial charge in [0.1, 0.15) is 0 Å². The van der Waals surface area contributed by atoms with E-state index >= 15 is 0 Å². The van der Waals surface area contributed by atoms with Crippen molar-refractivity contribution in [3.05, 3.63) is 22.7 Å². The average molecular weight is 368 g/mol. The van der Waals surface area contributed by atoms with Crippen molar-refractivity contribution in [2.45, 2.75) is 25.7 Å². The lowest BCUT2D eigenvalue weighted by atomic mass is 10.1. The number of carbonyl (C=O) groups is 1. The molecule has 1 aromatic heterocycles. The molecule has 1 amide bonds. The van der Waals surface area contributed by atoms with Crippen molar-refractivity contribution in [2.24, 2.45) is 0 Å². The summed E-state index contributed by atoms with van der Waals surface area (Å²) in [4.78, 5) is 18.6. The molecule has 21 heavy (non-hydrogen) atoms. The minimum absolute atomic E-state index is 0.256. The average Bonchev–Trinajstić information content (AvgIpc) is 2.89. The normalized spacial score (nSPS) is 15.4. The molecule has 0 saturated carbocycles. The largest absolute Gasteiger partial charge is 0.361 e. The van der Waals surface area contributed by atoms with E-state index in [0.29, 0.717) is 13.0 Å². The summed E-state index contributed by atoms with van der Waals surface area (Å²) in [5.41, 5.74) is 0.994. The van der Waals surface area contributed by atoms with Crippen molar-refractivity contribution in [3.63, 3.8) is 0 Å². The topological polar surface area (TPSA) is 45.2 Å². The molecule has 2 aromatic rings. The van der Waals surface area contributed by atoms with Crippen molar-refractivity contribution < 1.29 is 4.79 Å². The molecule has 0 radical (unpaired) electrons. The maximum absolute atomic E-state index is 12.1. The highest BCUT2D eigenvalue weighted by molar-refractivity contribution is 9.10. The van der Waals surface area contributed by atoms with Gasteiger partial charge in [0.2, 0.25) is 5.91 Å². The summed E-state index contributed by atoms with van der Waals surface area (Å²) in [5, 5.41) is 4.15. The zero-order valence-electron chi connectivity index (χ0n) is 11.8. The van der Waals surface area contributed by atoms with Gasteiger partial charge in [-0.1, -0.05) is 27.3 Å². The zero-order valence-corrected chi connectivity index (χ0v) is 14.2. The molecule has 2 heterocycles. The Labute approximate surface area is 136 Å². The lowest BCUT2D eigenvalue weighted by Gasteiger charge is -2.26. The Balaban J connectivity index is 1.53. The van der Waals surface area contributed by atoms with E-state index in [1.165, 1.54) is 6.42 Å². The van der Waals surface area contributed by atoms with Gasteiger partial charge in [0.05, 0.1) is 10.2 Å². The molecule has 112 valence electrons. The van der Waals surface area contributed by atoms with Gasteiger partial charge in [-0.3, -0.25) is 4.79 Å². The van der Waals surface area contributed by atoms with Gasteiger partial charge in [-0.15, -0.1) is 0 Å². The van der Waals surface area contributed by atoms with Crippen molar-refractivity contribution in [1.29, 1.82) is 0 Å². The molecule has 1 fully saturated rings. The van der Waals surface area contributed by atoms with Crippen LogP contribution in [0, 0.1) is 0 Å². The van der Waals surface area contributed by atoms with E-state index in [0.717, 1.165) is 45.8 Å². The second-order valence-corrected chi connectivity index (χ2v) is 7.20. The van der Waals surface area contributed by atoms with Crippen LogP contribution in [0.25, 0.3) is 10.2 Å². The van der Waals surface area contributed by atoms with Crippen LogP contribution in [0.1, 0.15) is 25.7 Å². The number of rotatable bonds is 4. The summed E-state index contributed by atoms with van der Waals surface area (Å²) in [7, 11) is 0. The molecular weight excluding hydrogens is 350 g/mol. The van der Waals surface area contributed by atoms with Gasteiger partial charge < -0.3 is 10.2 Å². The Morgan fingerprint density at radius 1 is 1.33 bits per heavy atom. The van der Waals surface area contributed by atoms with Crippen LogP contribution in [0.3, 0.4) is 0 Å². The molecule has 0 atom stereocenters. The predicted molar refractivity (Wildman–Crippen MR) is 90.9 cm³/mol. The molecule has 1 saturated heterocycles. The molecule has 0 unspecified atom stereocenters. The second-order valence-electron chi connectivity index (χ2n) is 5.25. The Morgan fingerprint density at radius 3 is 2.95 bits per heavy atom. The van der Waals surface area contributed by atoms with Crippen LogP contribution in [0.2, 0.25) is 0 Å². The Kier molecular flexibility index (Phi) is 4.75. The maximum atomic E-state index is 12.1. The Bertz CT molecular complexity index is 637. The number of aromatic nitrogens is 1. The summed E-state index contributed by atoms with van der Waals surface area (Å²) in [6.45, 7) is 2.50. The van der Waals surface area contributed by atoms with Crippen LogP contribution in [0.5, 0.6) is 0 Å². The van der Waals surface area contributed by atoms with Crippen LogP contribution >= 0.6 is 27.3 Å². The number of halogens is 1. The number of piperidine rings is 1. The number of amides is 1. The molecule has 6 heteroatoms. The van der Waals surface area contributed by atoms with Crippen molar-refractivity contribution in [3.8, 4) is 0 Å². The number of nitrogens with zero attached hydrogens (tertiary/aromatic N) is 2. The third-order valence-electron chi connectivity index (χ3n) is 3.67. The molecule has 1 N–H and O–H groups in total. The number of likely N-dealkylation sites (tertiary alicyclic amines) is 1. The van der Waals surface area contributed by atoms with E-state index in [1.54, 1.807) is 11.3 Å². The van der Waals surface area contributed by atoms with Crippen molar-refractivity contribution in [1.82, 2.24) is 9.88 Å². The standard InChI is InChI=1S/C15H18BrN3OS/c16-11-4-5-12-13(10-11)21-15(18-12)17-7-6-14(20)19-8-2-1-3-9-19/h4-5,10H,1-3,6-9H2,(H,17,18). The molecule has 4 nitrogen and oxygen atoms in total. The smallest absolute Gasteiger partial charge is 0.224 e. The number of fused-ring (bicyclic) bond motifs is 1. The first-order chi connectivity index (χ1) is 10.2. The van der Waals surface area contributed by atoms with Gasteiger partial charge in [0.25, 0.3) is 0 Å². The monoisotopic (exact) mass is 367 g/mol. The van der Waals surface area contributed by atoms with Crippen LogP contribution in [0.15, 0.2) is 22.7 Å². The highest BCUT2D eigenvalue weighted by Gasteiger charge is 2.15. The van der Waals surface area contributed by atoms with Crippen molar-refractivity contribution >= 4 is 48.5 Å². The molecule has 1 aliphatic rings. The second kappa shape index (κ2) is 6.75. The van der Waals surface area contributed by atoms with E-state index < -0.39 is 0 Å². The van der Waals surface area contributed by atoms with Gasteiger partial charge >= 0.3 is 0 Å². The first-order valence-electron chi connectivity index (χ1n) is 7.30. The Morgan fingerprint density at radius 2 is 2.14 bits per heavy atom. The number of anilines is 1. The summed E-state index contributed by atoms with van der Waals surface area (Å²) in [5.74, 6) is 0.256. The summed E-state index contributed by atoms with van der Waals surface area (Å²) >= 11 is 5.09. The van der Waals surface area contributed by atoms with Crippen LogP contribution < -0.4 is 5.32 Å². The van der Waals surface area contributed by atoms with Gasteiger partial charge in [-0.05, 0) is 37.5 Å². The van der Waals surface area contributed by atoms with Gasteiger partial charge in [0, 0.05) is 30.5 Å². The van der Waals surface area contributed by atoms with E-state index in [4.69, 9.17) is 0 Å². The number of thiazole rings is 1. The number of carbonyl (C=O) groups excluding carboxylic acids is 1. The Hall–Kier alpha value is -1.14. The van der Waals surface area contributed by atoms with Crippen LogP contribution in [0.4, 0.5) is 5.13 Å². The summed E-state index contributed by atoms with van der Waals surface area (Å²) < 4.78 is 2.21. The molecule has 3 rings (SSSR count). The molecule has 1 aromatic carbocycles. The number of nitrogens with one attached hydrogen (secondary N) is 1. The number of hydrogen-bond donors (Lipinski definition) is 1. The number of benzene rings is 1. The minimum atomic E-state index is 0.256. The predicted octanol–water partition coefficient (Wildman–Crippen LogP) is 3.87. The van der Waals surface area contributed by atoms with Crippen LogP contribution in [-0.2, 0) is 4.79 Å². The molecule has 0 aliphatic carbocycles. The first-order valence-corrected chi connectivity index (χ1v) is 8.91. The fourth-order valence-electron chi connectivity index (χ4n) is 2.55. The highest BCUT2D eigenvalue weighted by atomic mass is 79.9. The summed E-state index contributed by atoms with van der Waals surface area (Å²) in [6.07, 6.45) is 4.08. The summed E-state index contributed by atoms with van der Waals surface area (Å²) in [6, 6.07) is 6.06. The maximum Gasteiger partial charge on any atom is 0.224 e. The fraction of sp³-hybridized carbons (Fsp3) is 0.467. The fourth-order valence-corrected chi connectivity index (χ4v) is 4.00. The molecule has 1 aliphatic heterocycles. The molecular formula is C15H18BrN3OS. The first kappa shape index (κ1) is 14.8. The van der Waals surface area contributed by atoms with E-state index in [2.05, 4.69) is 32.3 Å². The molecule has 0 spiro atoms.